The fourth-order valence-corrected chi connectivity index (χ4v) is 4.76. The van der Waals surface area contributed by atoms with Crippen molar-refractivity contribution in [2.24, 2.45) is 7.05 Å². The van der Waals surface area contributed by atoms with Gasteiger partial charge in [-0.2, -0.15) is 4.40 Å². The smallest absolute Gasteiger partial charge is 0.225 e. The minimum Gasteiger partial charge on any atom is -0.225 e. The lowest BCUT2D eigenvalue weighted by Gasteiger charge is -2.10. The Hall–Kier alpha value is -3.39. The molecule has 0 amide bonds. The maximum atomic E-state index is 2.43. The molecule has 0 bridgehead atoms. The molecule has 27 heavy (non-hydrogen) atoms. The van der Waals surface area contributed by atoms with Crippen molar-refractivity contribution < 1.29 is 4.57 Å². The summed E-state index contributed by atoms with van der Waals surface area (Å²) in [6, 6.07) is 28.5. The lowest BCUT2D eigenvalue weighted by molar-refractivity contribution is -0.617. The van der Waals surface area contributed by atoms with Crippen LogP contribution in [-0.2, 0) is 7.05 Å². The fourth-order valence-electron chi connectivity index (χ4n) is 4.76. The Morgan fingerprint density at radius 2 is 1.37 bits per heavy atom. The van der Waals surface area contributed by atoms with E-state index in [9.17, 15) is 0 Å². The average Bonchev–Trinajstić information content (AvgIpc) is 3.01. The van der Waals surface area contributed by atoms with Crippen molar-refractivity contribution in [3.05, 3.63) is 84.4 Å². The zero-order valence-electron chi connectivity index (χ0n) is 15.4. The largest absolute Gasteiger partial charge is 0.295 e. The van der Waals surface area contributed by atoms with Crippen LogP contribution < -0.4 is 4.57 Å². The van der Waals surface area contributed by atoms with Crippen LogP contribution in [0.2, 0.25) is 0 Å². The highest BCUT2D eigenvalue weighted by Gasteiger charge is 2.24. The molecule has 128 valence electrons. The van der Waals surface area contributed by atoms with Crippen LogP contribution >= 0.6 is 0 Å². The molecule has 6 aromatic rings. The van der Waals surface area contributed by atoms with Gasteiger partial charge in [0.2, 0.25) is 0 Å². The van der Waals surface area contributed by atoms with Gasteiger partial charge in [0, 0.05) is 10.8 Å². The van der Waals surface area contributed by atoms with Gasteiger partial charge in [0.1, 0.15) is 5.52 Å². The second-order valence-electron chi connectivity index (χ2n) is 7.37. The molecule has 0 spiro atoms. The van der Waals surface area contributed by atoms with E-state index in [0.717, 1.165) is 0 Å². The van der Waals surface area contributed by atoms with E-state index in [1.54, 1.807) is 0 Å². The van der Waals surface area contributed by atoms with Gasteiger partial charge in [-0.05, 0) is 47.5 Å². The standard InChI is InChI=1S/C25H19N2/c1-16-18-10-4-3-9-17(18)15-20-19-11-5-6-12-21(19)27-23-14-8-7-13-22(23)26(2)25(27)24(16)20/h3-15H,1-2H3/q+1. The molecule has 0 radical (unpaired) electrons. The second-order valence-corrected chi connectivity index (χ2v) is 7.37. The Morgan fingerprint density at radius 1 is 0.704 bits per heavy atom. The summed E-state index contributed by atoms with van der Waals surface area (Å²) in [7, 11) is 2.18. The van der Waals surface area contributed by atoms with Crippen LogP contribution in [0.4, 0.5) is 0 Å². The Bertz CT molecular complexity index is 1540. The van der Waals surface area contributed by atoms with E-state index in [2.05, 4.69) is 102 Å². The summed E-state index contributed by atoms with van der Waals surface area (Å²) in [6.07, 6.45) is 0. The molecule has 0 aliphatic rings. The highest BCUT2D eigenvalue weighted by Crippen LogP contribution is 2.36. The number of pyridine rings is 1. The zero-order valence-corrected chi connectivity index (χ0v) is 15.4. The van der Waals surface area contributed by atoms with E-state index in [1.807, 2.05) is 0 Å². The van der Waals surface area contributed by atoms with Crippen molar-refractivity contribution in [1.82, 2.24) is 4.40 Å². The lowest BCUT2D eigenvalue weighted by atomic mass is 9.96. The Morgan fingerprint density at radius 3 is 2.22 bits per heavy atom. The predicted octanol–water partition coefficient (Wildman–Crippen LogP) is 5.69. The molecule has 0 fully saturated rings. The number of aromatic nitrogens is 2. The summed E-state index contributed by atoms with van der Waals surface area (Å²) >= 11 is 0. The van der Waals surface area contributed by atoms with Crippen LogP contribution in [0.15, 0.2) is 78.9 Å². The normalized spacial score (nSPS) is 12.1. The van der Waals surface area contributed by atoms with Gasteiger partial charge in [0.15, 0.2) is 11.0 Å². The van der Waals surface area contributed by atoms with Crippen LogP contribution in [0, 0.1) is 6.92 Å². The number of nitrogens with zero attached hydrogens (tertiary/aromatic N) is 2. The monoisotopic (exact) mass is 347 g/mol. The first-order valence-electron chi connectivity index (χ1n) is 9.37. The van der Waals surface area contributed by atoms with Crippen LogP contribution in [-0.4, -0.2) is 4.40 Å². The number of rotatable bonds is 0. The first-order chi connectivity index (χ1) is 13.3. The number of hydrogen-bond donors (Lipinski definition) is 0. The molecule has 0 N–H and O–H groups in total. The number of imidazole rings is 1. The third kappa shape index (κ3) is 1.77. The number of para-hydroxylation sites is 3. The predicted molar refractivity (Wildman–Crippen MR) is 113 cm³/mol. The van der Waals surface area contributed by atoms with Gasteiger partial charge in [-0.25, -0.2) is 4.57 Å². The first-order valence-corrected chi connectivity index (χ1v) is 9.37. The average molecular weight is 347 g/mol. The molecule has 2 nitrogen and oxygen atoms in total. The van der Waals surface area contributed by atoms with E-state index >= 15 is 0 Å². The van der Waals surface area contributed by atoms with Gasteiger partial charge in [-0.3, -0.25) is 0 Å². The molecule has 2 heterocycles. The minimum atomic E-state index is 1.25. The summed E-state index contributed by atoms with van der Waals surface area (Å²) in [4.78, 5) is 0. The van der Waals surface area contributed by atoms with E-state index < -0.39 is 0 Å². The van der Waals surface area contributed by atoms with E-state index in [0.29, 0.717) is 0 Å². The van der Waals surface area contributed by atoms with E-state index in [-0.39, 0.29) is 0 Å². The number of hydrogen-bond acceptors (Lipinski definition) is 0. The van der Waals surface area contributed by atoms with Crippen LogP contribution in [0.3, 0.4) is 0 Å². The SMILES string of the molecule is Cc1c2ccccc2cc2c3ccccc3n3c4ccccc4[n+](C)c3c12. The quantitative estimate of drug-likeness (QED) is 0.190. The van der Waals surface area contributed by atoms with Crippen LogP contribution in [0.5, 0.6) is 0 Å². The zero-order chi connectivity index (χ0) is 18.1. The summed E-state index contributed by atoms with van der Waals surface area (Å²) < 4.78 is 4.76. The summed E-state index contributed by atoms with van der Waals surface area (Å²) in [6.45, 7) is 2.26. The molecule has 0 aliphatic carbocycles. The molecule has 2 heteroatoms. The van der Waals surface area contributed by atoms with Crippen molar-refractivity contribution in [2.75, 3.05) is 0 Å². The second kappa shape index (κ2) is 5.08. The minimum absolute atomic E-state index is 1.25. The molecule has 4 aromatic carbocycles. The Labute approximate surface area is 156 Å². The van der Waals surface area contributed by atoms with Crippen LogP contribution in [0.25, 0.3) is 49.1 Å². The van der Waals surface area contributed by atoms with E-state index in [1.165, 1.54) is 54.7 Å². The van der Waals surface area contributed by atoms with Gasteiger partial charge >= 0.3 is 0 Å². The van der Waals surface area contributed by atoms with Crippen molar-refractivity contribution >= 4 is 49.1 Å². The maximum absolute atomic E-state index is 2.43. The summed E-state index contributed by atoms with van der Waals surface area (Å²) in [5, 5.41) is 6.59. The van der Waals surface area contributed by atoms with Crippen molar-refractivity contribution in [3.8, 4) is 0 Å². The molecule has 2 aromatic heterocycles. The van der Waals surface area contributed by atoms with Gasteiger partial charge < -0.3 is 0 Å². The third-order valence-electron chi connectivity index (χ3n) is 5.98. The lowest BCUT2D eigenvalue weighted by Crippen LogP contribution is -2.27. The van der Waals surface area contributed by atoms with Gasteiger partial charge in [0.05, 0.1) is 12.4 Å². The fraction of sp³-hybridized carbons (Fsp3) is 0.0800. The highest BCUT2D eigenvalue weighted by molar-refractivity contribution is 6.18. The van der Waals surface area contributed by atoms with Crippen LogP contribution in [0.1, 0.15) is 5.56 Å². The number of fused-ring (bicyclic) bond motifs is 9. The third-order valence-corrected chi connectivity index (χ3v) is 5.98. The molecular formula is C25H19N2+. The summed E-state index contributed by atoms with van der Waals surface area (Å²) in [5.41, 5.74) is 6.36. The molecule has 0 saturated carbocycles. The first kappa shape index (κ1) is 14.7. The maximum Gasteiger partial charge on any atom is 0.295 e. The summed E-state index contributed by atoms with van der Waals surface area (Å²) in [5.74, 6) is 0. The topological polar surface area (TPSA) is 8.29 Å². The number of benzene rings is 4. The molecule has 0 saturated heterocycles. The van der Waals surface area contributed by atoms with Crippen molar-refractivity contribution in [3.63, 3.8) is 0 Å². The van der Waals surface area contributed by atoms with E-state index in [4.69, 9.17) is 0 Å². The van der Waals surface area contributed by atoms with Gasteiger partial charge in [0.25, 0.3) is 5.65 Å². The Balaban J connectivity index is 2.08. The molecule has 0 unspecified atom stereocenters. The Kier molecular flexibility index (Phi) is 2.77. The molecule has 0 aliphatic heterocycles. The van der Waals surface area contributed by atoms with Gasteiger partial charge in [-0.1, -0.05) is 54.6 Å². The van der Waals surface area contributed by atoms with Crippen molar-refractivity contribution in [2.45, 2.75) is 6.92 Å². The highest BCUT2D eigenvalue weighted by atomic mass is 15.1. The molecule has 6 rings (SSSR count). The van der Waals surface area contributed by atoms with Gasteiger partial charge in [-0.15, -0.1) is 0 Å². The molecule has 0 atom stereocenters. The number of aryl methyl sites for hydroxylation is 2. The molecular weight excluding hydrogens is 328 g/mol. The van der Waals surface area contributed by atoms with Crippen molar-refractivity contribution in [1.29, 1.82) is 0 Å².